The summed E-state index contributed by atoms with van der Waals surface area (Å²) in [5, 5.41) is 7.84. The maximum Gasteiger partial charge on any atom is 0.186 e. The van der Waals surface area contributed by atoms with Gasteiger partial charge in [0.15, 0.2) is 5.11 Å². The molecule has 0 spiro atoms. The average molecular weight is 337 g/mol. The van der Waals surface area contributed by atoms with Gasteiger partial charge in [-0.3, -0.25) is 5.43 Å². The number of methoxy groups -OCH3 is 1. The van der Waals surface area contributed by atoms with Crippen LogP contribution in [0.3, 0.4) is 0 Å². The lowest BCUT2D eigenvalue weighted by Gasteiger charge is -2.23. The summed E-state index contributed by atoms with van der Waals surface area (Å²) in [4.78, 5) is 1.61. The van der Waals surface area contributed by atoms with Crippen LogP contribution >= 0.6 is 12.2 Å². The number of quaternary nitrogens is 1. The number of hydrogen-bond acceptors (Lipinski definition) is 4. The number of hydrogen-bond donors (Lipinski definition) is 3. The molecular weight excluding hydrogens is 312 g/mol. The molecule has 2 rings (SSSR count). The lowest BCUT2D eigenvalue weighted by Crippen LogP contribution is -3.14. The Balaban J connectivity index is 1.57. The highest BCUT2D eigenvalue weighted by molar-refractivity contribution is 7.80. The van der Waals surface area contributed by atoms with E-state index in [0.717, 1.165) is 57.1 Å². The van der Waals surface area contributed by atoms with Gasteiger partial charge in [0, 0.05) is 13.0 Å². The molecule has 1 aromatic carbocycles. The van der Waals surface area contributed by atoms with Gasteiger partial charge in [-0.05, 0) is 42.0 Å². The van der Waals surface area contributed by atoms with Crippen LogP contribution in [-0.2, 0) is 4.74 Å². The molecule has 1 aliphatic rings. The number of thiocarbonyl (C=S) groups is 1. The van der Waals surface area contributed by atoms with Crippen molar-refractivity contribution in [2.45, 2.75) is 6.42 Å². The number of hydrazone groups is 1. The molecule has 1 aromatic rings. The average Bonchev–Trinajstić information content (AvgIpc) is 2.60. The van der Waals surface area contributed by atoms with Gasteiger partial charge in [-0.15, -0.1) is 0 Å². The molecule has 1 aliphatic heterocycles. The standard InChI is InChI=1S/C16H24N4O2S/c1-21-15-5-3-14(4-6-15)13-18-19-16(23)17-7-2-8-20-9-11-22-12-10-20/h3-6,13H,2,7-12H2,1H3,(H2,17,19,23)/p+1/b18-13-. The van der Waals surface area contributed by atoms with Gasteiger partial charge in [0.2, 0.25) is 0 Å². The highest BCUT2D eigenvalue weighted by Crippen LogP contribution is 2.09. The Bertz CT molecular complexity index is 501. The van der Waals surface area contributed by atoms with Crippen molar-refractivity contribution in [1.29, 1.82) is 0 Å². The quantitative estimate of drug-likeness (QED) is 0.278. The van der Waals surface area contributed by atoms with Gasteiger partial charge in [0.05, 0.1) is 33.1 Å². The minimum Gasteiger partial charge on any atom is -0.497 e. The van der Waals surface area contributed by atoms with E-state index in [1.807, 2.05) is 24.3 Å². The zero-order chi connectivity index (χ0) is 16.3. The van der Waals surface area contributed by atoms with Crippen molar-refractivity contribution in [3.63, 3.8) is 0 Å². The molecule has 0 saturated carbocycles. The molecule has 1 fully saturated rings. The van der Waals surface area contributed by atoms with Crippen LogP contribution in [0.2, 0.25) is 0 Å². The molecule has 0 unspecified atom stereocenters. The second-order valence-corrected chi connectivity index (χ2v) is 5.77. The molecule has 0 aliphatic carbocycles. The third-order valence-corrected chi connectivity index (χ3v) is 3.92. The van der Waals surface area contributed by atoms with Crippen LogP contribution in [0.4, 0.5) is 0 Å². The predicted molar refractivity (Wildman–Crippen MR) is 95.3 cm³/mol. The Kier molecular flexibility index (Phi) is 7.79. The first-order valence-corrected chi connectivity index (χ1v) is 8.31. The third kappa shape index (κ3) is 6.94. The summed E-state index contributed by atoms with van der Waals surface area (Å²) in [5.74, 6) is 0.828. The van der Waals surface area contributed by atoms with Crippen LogP contribution in [0.15, 0.2) is 29.4 Å². The van der Waals surface area contributed by atoms with E-state index in [2.05, 4.69) is 15.8 Å². The third-order valence-electron chi connectivity index (χ3n) is 3.69. The second-order valence-electron chi connectivity index (χ2n) is 5.36. The lowest BCUT2D eigenvalue weighted by atomic mass is 10.2. The highest BCUT2D eigenvalue weighted by atomic mass is 32.1. The number of nitrogens with one attached hydrogen (secondary N) is 3. The summed E-state index contributed by atoms with van der Waals surface area (Å²) >= 11 is 5.20. The van der Waals surface area contributed by atoms with Crippen LogP contribution in [0.5, 0.6) is 5.75 Å². The predicted octanol–water partition coefficient (Wildman–Crippen LogP) is -0.202. The maximum atomic E-state index is 5.35. The number of rotatable bonds is 7. The molecule has 0 aromatic heterocycles. The first kappa shape index (κ1) is 17.7. The van der Waals surface area contributed by atoms with Gasteiger partial charge in [-0.25, -0.2) is 0 Å². The molecule has 126 valence electrons. The highest BCUT2D eigenvalue weighted by Gasteiger charge is 2.12. The monoisotopic (exact) mass is 337 g/mol. The van der Waals surface area contributed by atoms with Crippen molar-refractivity contribution in [2.24, 2.45) is 5.10 Å². The summed E-state index contributed by atoms with van der Waals surface area (Å²) in [5.41, 5.74) is 3.81. The second kappa shape index (κ2) is 10.1. The molecule has 1 heterocycles. The fraction of sp³-hybridized carbons (Fsp3) is 0.500. The summed E-state index contributed by atoms with van der Waals surface area (Å²) in [7, 11) is 1.65. The first-order chi connectivity index (χ1) is 11.3. The molecule has 0 atom stereocenters. The van der Waals surface area contributed by atoms with E-state index in [0.29, 0.717) is 5.11 Å². The van der Waals surface area contributed by atoms with Gasteiger partial charge in [0.25, 0.3) is 0 Å². The van der Waals surface area contributed by atoms with Gasteiger partial charge < -0.3 is 19.7 Å². The van der Waals surface area contributed by atoms with Gasteiger partial charge in [-0.1, -0.05) is 0 Å². The Morgan fingerprint density at radius 1 is 1.35 bits per heavy atom. The Morgan fingerprint density at radius 3 is 2.78 bits per heavy atom. The molecule has 0 radical (unpaired) electrons. The Morgan fingerprint density at radius 2 is 2.09 bits per heavy atom. The SMILES string of the molecule is COc1ccc(/C=N\NC(=S)NCCC[NH+]2CCOCC2)cc1. The molecule has 1 saturated heterocycles. The number of benzene rings is 1. The molecule has 7 heteroatoms. The van der Waals surface area contributed by atoms with Crippen molar-refractivity contribution in [2.75, 3.05) is 46.5 Å². The lowest BCUT2D eigenvalue weighted by molar-refractivity contribution is -0.908. The normalized spacial score (nSPS) is 15.5. The van der Waals surface area contributed by atoms with E-state index < -0.39 is 0 Å². The molecular formula is C16H25N4O2S+. The van der Waals surface area contributed by atoms with E-state index in [1.54, 1.807) is 18.2 Å². The van der Waals surface area contributed by atoms with Crippen LogP contribution in [-0.4, -0.2) is 57.8 Å². The topological polar surface area (TPSA) is 59.3 Å². The van der Waals surface area contributed by atoms with E-state index in [9.17, 15) is 0 Å². The summed E-state index contributed by atoms with van der Waals surface area (Å²) in [6.45, 7) is 5.97. The fourth-order valence-electron chi connectivity index (χ4n) is 2.35. The Labute approximate surface area is 142 Å². The minimum atomic E-state index is 0.548. The van der Waals surface area contributed by atoms with Crippen molar-refractivity contribution in [3.05, 3.63) is 29.8 Å². The van der Waals surface area contributed by atoms with E-state index in [4.69, 9.17) is 21.7 Å². The first-order valence-electron chi connectivity index (χ1n) is 7.90. The van der Waals surface area contributed by atoms with Crippen LogP contribution in [0.25, 0.3) is 0 Å². The van der Waals surface area contributed by atoms with Crippen LogP contribution < -0.4 is 20.4 Å². The van der Waals surface area contributed by atoms with E-state index in [-0.39, 0.29) is 0 Å². The number of ether oxygens (including phenoxy) is 2. The van der Waals surface area contributed by atoms with Crippen molar-refractivity contribution in [3.8, 4) is 5.75 Å². The smallest absolute Gasteiger partial charge is 0.186 e. The van der Waals surface area contributed by atoms with Gasteiger partial charge in [-0.2, -0.15) is 5.10 Å². The zero-order valence-corrected chi connectivity index (χ0v) is 14.3. The largest absolute Gasteiger partial charge is 0.497 e. The minimum absolute atomic E-state index is 0.548. The van der Waals surface area contributed by atoms with Crippen LogP contribution in [0, 0.1) is 0 Å². The molecule has 0 amide bonds. The maximum absolute atomic E-state index is 5.35. The summed E-state index contributed by atoms with van der Waals surface area (Å²) < 4.78 is 10.5. The fourth-order valence-corrected chi connectivity index (χ4v) is 2.50. The van der Waals surface area contributed by atoms with Crippen molar-refractivity contribution in [1.82, 2.24) is 10.7 Å². The molecule has 3 N–H and O–H groups in total. The Hall–Kier alpha value is -1.70. The molecule has 23 heavy (non-hydrogen) atoms. The van der Waals surface area contributed by atoms with E-state index >= 15 is 0 Å². The number of morpholine rings is 1. The zero-order valence-electron chi connectivity index (χ0n) is 13.5. The molecule has 0 bridgehead atoms. The van der Waals surface area contributed by atoms with E-state index in [1.165, 1.54) is 0 Å². The van der Waals surface area contributed by atoms with Crippen molar-refractivity contribution < 1.29 is 14.4 Å². The number of nitrogens with zero attached hydrogens (tertiary/aromatic N) is 1. The van der Waals surface area contributed by atoms with Gasteiger partial charge in [0.1, 0.15) is 18.8 Å². The van der Waals surface area contributed by atoms with Gasteiger partial charge >= 0.3 is 0 Å². The summed E-state index contributed by atoms with van der Waals surface area (Å²) in [6, 6.07) is 7.66. The molecule has 6 nitrogen and oxygen atoms in total. The van der Waals surface area contributed by atoms with Crippen molar-refractivity contribution >= 4 is 23.5 Å². The van der Waals surface area contributed by atoms with Crippen LogP contribution in [0.1, 0.15) is 12.0 Å². The summed E-state index contributed by atoms with van der Waals surface area (Å²) in [6.07, 6.45) is 2.81.